The molecule has 0 bridgehead atoms. The Morgan fingerprint density at radius 1 is 1.10 bits per heavy atom. The Balaban J connectivity index is 2.26. The first-order chi connectivity index (χ1) is 4.70. The molecule has 0 unspecified atom stereocenters. The number of rotatable bonds is 1. The summed E-state index contributed by atoms with van der Waals surface area (Å²) in [5.41, 5.74) is 0.924. The predicted molar refractivity (Wildman–Crippen MR) is 52.0 cm³/mol. The SMILES string of the molecule is BC(B)C1CCC(C)CC1. The zero-order valence-corrected chi connectivity index (χ0v) is 7.56. The van der Waals surface area contributed by atoms with Crippen LogP contribution in [-0.2, 0) is 0 Å². The molecular weight excluding hydrogens is 118 g/mol. The minimum Gasteiger partial charge on any atom is -0.0932 e. The molecule has 0 amide bonds. The fourth-order valence-electron chi connectivity index (χ4n) is 1.95. The Kier molecular flexibility index (Phi) is 2.88. The van der Waals surface area contributed by atoms with E-state index < -0.39 is 0 Å². The molecule has 1 saturated carbocycles. The summed E-state index contributed by atoms with van der Waals surface area (Å²) >= 11 is 0. The van der Waals surface area contributed by atoms with Crippen molar-refractivity contribution in [2.75, 3.05) is 0 Å². The van der Waals surface area contributed by atoms with Crippen LogP contribution in [0.1, 0.15) is 32.6 Å². The fraction of sp³-hybridized carbons (Fsp3) is 1.00. The van der Waals surface area contributed by atoms with Gasteiger partial charge in [-0.3, -0.25) is 0 Å². The Morgan fingerprint density at radius 2 is 1.60 bits per heavy atom. The van der Waals surface area contributed by atoms with Crippen LogP contribution < -0.4 is 0 Å². The Bertz CT molecular complexity index is 93.4. The van der Waals surface area contributed by atoms with Gasteiger partial charge in [-0.2, -0.15) is 0 Å². The fourth-order valence-corrected chi connectivity index (χ4v) is 1.95. The van der Waals surface area contributed by atoms with Gasteiger partial charge in [0, 0.05) is 0 Å². The van der Waals surface area contributed by atoms with E-state index in [0.29, 0.717) is 0 Å². The van der Waals surface area contributed by atoms with Crippen molar-refractivity contribution in [1.29, 1.82) is 0 Å². The van der Waals surface area contributed by atoms with Gasteiger partial charge in [0.25, 0.3) is 0 Å². The Morgan fingerprint density at radius 3 is 2.00 bits per heavy atom. The standard InChI is InChI=1S/C8H18B2/c1-6-2-4-7(5-3-6)8(9)10/h6-8H,2-5,9-10H2,1H3. The number of hydrogen-bond acceptors (Lipinski definition) is 0. The van der Waals surface area contributed by atoms with Crippen molar-refractivity contribution in [2.45, 2.75) is 38.3 Å². The molecule has 0 atom stereocenters. The van der Waals surface area contributed by atoms with Gasteiger partial charge in [0.2, 0.25) is 0 Å². The molecule has 0 saturated heterocycles. The van der Waals surface area contributed by atoms with Crippen molar-refractivity contribution in [3.05, 3.63) is 0 Å². The summed E-state index contributed by atoms with van der Waals surface area (Å²) in [5.74, 6) is 2.05. The van der Waals surface area contributed by atoms with Crippen molar-refractivity contribution in [2.24, 2.45) is 11.8 Å². The van der Waals surface area contributed by atoms with Gasteiger partial charge in [-0.05, 0) is 5.92 Å². The van der Waals surface area contributed by atoms with E-state index in [1.165, 1.54) is 25.7 Å². The highest BCUT2D eigenvalue weighted by atomic mass is 14.2. The van der Waals surface area contributed by atoms with Crippen LogP contribution in [0.5, 0.6) is 0 Å². The average Bonchev–Trinajstić information content (AvgIpc) is 1.88. The third-order valence-electron chi connectivity index (χ3n) is 3.00. The summed E-state index contributed by atoms with van der Waals surface area (Å²) in [6.07, 6.45) is 5.92. The van der Waals surface area contributed by atoms with E-state index in [9.17, 15) is 0 Å². The summed E-state index contributed by atoms with van der Waals surface area (Å²) in [5, 5.41) is 0. The monoisotopic (exact) mass is 136 g/mol. The van der Waals surface area contributed by atoms with Crippen LogP contribution in [0.4, 0.5) is 0 Å². The molecule has 2 heteroatoms. The normalized spacial score (nSPS) is 34.6. The maximum absolute atomic E-state index is 2.39. The van der Waals surface area contributed by atoms with Crippen LogP contribution in [-0.4, -0.2) is 15.7 Å². The second-order valence-corrected chi connectivity index (χ2v) is 4.26. The van der Waals surface area contributed by atoms with Crippen molar-refractivity contribution in [3.8, 4) is 0 Å². The molecule has 1 aliphatic rings. The van der Waals surface area contributed by atoms with E-state index in [-0.39, 0.29) is 0 Å². The van der Waals surface area contributed by atoms with Gasteiger partial charge in [-0.15, -0.1) is 0 Å². The molecule has 0 spiro atoms. The van der Waals surface area contributed by atoms with Crippen LogP contribution in [0.3, 0.4) is 0 Å². The molecule has 0 N–H and O–H groups in total. The zero-order valence-electron chi connectivity index (χ0n) is 7.56. The van der Waals surface area contributed by atoms with Gasteiger partial charge in [-0.1, -0.05) is 44.2 Å². The van der Waals surface area contributed by atoms with E-state index in [1.807, 2.05) is 0 Å². The van der Waals surface area contributed by atoms with E-state index in [4.69, 9.17) is 0 Å². The van der Waals surface area contributed by atoms with Crippen LogP contribution in [0.15, 0.2) is 0 Å². The van der Waals surface area contributed by atoms with Crippen LogP contribution in [0.25, 0.3) is 0 Å². The van der Waals surface area contributed by atoms with E-state index >= 15 is 0 Å². The minimum atomic E-state index is 0.924. The molecule has 56 valence electrons. The van der Waals surface area contributed by atoms with Crippen molar-refractivity contribution in [1.82, 2.24) is 0 Å². The zero-order chi connectivity index (χ0) is 7.56. The van der Waals surface area contributed by atoms with Gasteiger partial charge in [0.1, 0.15) is 0 Å². The Hall–Kier alpha value is 0.130. The molecule has 0 aliphatic heterocycles. The first-order valence-electron chi connectivity index (χ1n) is 4.70. The molecule has 1 fully saturated rings. The second kappa shape index (κ2) is 3.50. The molecule has 1 rings (SSSR count). The van der Waals surface area contributed by atoms with Crippen LogP contribution in [0.2, 0.25) is 5.72 Å². The third kappa shape index (κ3) is 2.07. The summed E-state index contributed by atoms with van der Waals surface area (Å²) in [6, 6.07) is 0. The average molecular weight is 136 g/mol. The van der Waals surface area contributed by atoms with Crippen LogP contribution in [0, 0.1) is 11.8 Å². The van der Waals surface area contributed by atoms with Gasteiger partial charge < -0.3 is 0 Å². The van der Waals surface area contributed by atoms with Gasteiger partial charge in [0.15, 0.2) is 0 Å². The minimum absolute atomic E-state index is 0.924. The molecule has 0 radical (unpaired) electrons. The lowest BCUT2D eigenvalue weighted by molar-refractivity contribution is 0.300. The number of hydrogen-bond donors (Lipinski definition) is 0. The molecule has 0 aromatic heterocycles. The molecule has 0 aromatic rings. The lowest BCUT2D eigenvalue weighted by Crippen LogP contribution is -2.17. The highest BCUT2D eigenvalue weighted by Gasteiger charge is 2.19. The first-order valence-corrected chi connectivity index (χ1v) is 4.70. The maximum Gasteiger partial charge on any atom is 0.0960 e. The lowest BCUT2D eigenvalue weighted by Gasteiger charge is -2.28. The first kappa shape index (κ1) is 8.23. The summed E-state index contributed by atoms with van der Waals surface area (Å²) in [7, 11) is 4.72. The molecular formula is C8H18B2. The van der Waals surface area contributed by atoms with Gasteiger partial charge >= 0.3 is 0 Å². The van der Waals surface area contributed by atoms with Crippen molar-refractivity contribution in [3.63, 3.8) is 0 Å². The highest BCUT2D eigenvalue weighted by molar-refractivity contribution is 6.35. The van der Waals surface area contributed by atoms with Crippen molar-refractivity contribution >= 4 is 15.7 Å². The van der Waals surface area contributed by atoms with E-state index in [1.54, 1.807) is 0 Å². The van der Waals surface area contributed by atoms with Gasteiger partial charge in [0.05, 0.1) is 15.7 Å². The third-order valence-corrected chi connectivity index (χ3v) is 3.00. The Labute approximate surface area is 66.6 Å². The summed E-state index contributed by atoms with van der Waals surface area (Å²) < 4.78 is 0. The lowest BCUT2D eigenvalue weighted by atomic mass is 9.59. The van der Waals surface area contributed by atoms with Crippen molar-refractivity contribution < 1.29 is 0 Å². The molecule has 1 aliphatic carbocycles. The summed E-state index contributed by atoms with van der Waals surface area (Å²) in [6.45, 7) is 2.39. The van der Waals surface area contributed by atoms with Gasteiger partial charge in [-0.25, -0.2) is 0 Å². The van der Waals surface area contributed by atoms with Crippen LogP contribution >= 0.6 is 0 Å². The van der Waals surface area contributed by atoms with E-state index in [2.05, 4.69) is 22.6 Å². The summed E-state index contributed by atoms with van der Waals surface area (Å²) in [4.78, 5) is 0. The predicted octanol–water partition coefficient (Wildman–Crippen LogP) is 0.825. The smallest absolute Gasteiger partial charge is 0.0932 e. The molecule has 0 heterocycles. The second-order valence-electron chi connectivity index (χ2n) is 4.26. The van der Waals surface area contributed by atoms with E-state index in [0.717, 1.165) is 17.6 Å². The quantitative estimate of drug-likeness (QED) is 0.468. The molecule has 10 heavy (non-hydrogen) atoms. The molecule has 0 aromatic carbocycles. The maximum atomic E-state index is 2.39. The largest absolute Gasteiger partial charge is 0.0960 e. The highest BCUT2D eigenvalue weighted by Crippen LogP contribution is 2.32. The molecule has 0 nitrogen and oxygen atoms in total. The topological polar surface area (TPSA) is 0 Å².